The van der Waals surface area contributed by atoms with E-state index in [-0.39, 0.29) is 37.4 Å². The number of fused-ring (bicyclic) bond motifs is 1. The van der Waals surface area contributed by atoms with Gasteiger partial charge in [0.05, 0.1) is 29.5 Å². The summed E-state index contributed by atoms with van der Waals surface area (Å²) < 4.78 is 14.4. The molecule has 0 aliphatic rings. The van der Waals surface area contributed by atoms with E-state index in [1.807, 2.05) is 13.0 Å². The molecule has 1 aromatic carbocycles. The standard InChI is InChI=1S/C25H26FN9O2.H2S/c1-14(16-5-4-6-17-22(24(37)28-3)18(26)11-30-23(16)17)8-29-20-7-19(34-13-35-20)15-9-31-25(32-10-15)33-12-21(36)27-2;/h4-7,9-11,13-14H,8,12H2,1-3H3,(H,27,36)(H,28,37)(H,29,34,35)(H,31,32,33);1H2/t14-;/m1./s1. The molecule has 0 saturated carbocycles. The molecule has 3 heterocycles. The first-order valence-electron chi connectivity index (χ1n) is 11.5. The first kappa shape index (κ1) is 28.2. The normalized spacial score (nSPS) is 11.3. The second kappa shape index (κ2) is 12.7. The van der Waals surface area contributed by atoms with E-state index in [1.165, 1.54) is 13.4 Å². The summed E-state index contributed by atoms with van der Waals surface area (Å²) in [5.74, 6) is -0.442. The molecular weight excluding hydrogens is 509 g/mol. The maximum absolute atomic E-state index is 14.4. The van der Waals surface area contributed by atoms with Crippen molar-refractivity contribution in [2.24, 2.45) is 0 Å². The van der Waals surface area contributed by atoms with Crippen LogP contribution in [0.4, 0.5) is 16.2 Å². The predicted octanol–water partition coefficient (Wildman–Crippen LogP) is 2.47. The van der Waals surface area contributed by atoms with Gasteiger partial charge in [-0.1, -0.05) is 25.1 Å². The second-order valence-electron chi connectivity index (χ2n) is 8.20. The highest BCUT2D eigenvalue weighted by molar-refractivity contribution is 7.59. The van der Waals surface area contributed by atoms with Crippen molar-refractivity contribution < 1.29 is 14.0 Å². The number of likely N-dealkylation sites (N-methyl/N-ethyl adjacent to an activating group) is 1. The molecule has 0 fully saturated rings. The molecule has 3 aromatic heterocycles. The van der Waals surface area contributed by atoms with Gasteiger partial charge in [-0.15, -0.1) is 0 Å². The Morgan fingerprint density at radius 1 is 0.974 bits per heavy atom. The zero-order valence-electron chi connectivity index (χ0n) is 21.0. The quantitative estimate of drug-likeness (QED) is 0.253. The Labute approximate surface area is 225 Å². The minimum Gasteiger partial charge on any atom is -0.369 e. The highest BCUT2D eigenvalue weighted by Crippen LogP contribution is 2.28. The minimum absolute atomic E-state index is 0. The van der Waals surface area contributed by atoms with Gasteiger partial charge in [-0.2, -0.15) is 13.5 Å². The average Bonchev–Trinajstić information content (AvgIpc) is 2.94. The molecule has 1 atom stereocenters. The molecule has 4 N–H and O–H groups in total. The summed E-state index contributed by atoms with van der Waals surface area (Å²) in [7, 11) is 3.02. The molecule has 0 bridgehead atoms. The van der Waals surface area contributed by atoms with Gasteiger partial charge in [-0.25, -0.2) is 24.3 Å². The largest absolute Gasteiger partial charge is 0.369 e. The Kier molecular flexibility index (Phi) is 9.44. The van der Waals surface area contributed by atoms with Crippen LogP contribution in [-0.4, -0.2) is 63.9 Å². The Balaban J connectivity index is 0.00000400. The van der Waals surface area contributed by atoms with Crippen LogP contribution in [0.1, 0.15) is 28.8 Å². The summed E-state index contributed by atoms with van der Waals surface area (Å²) >= 11 is 0. The topological polar surface area (TPSA) is 147 Å². The zero-order chi connectivity index (χ0) is 26.4. The van der Waals surface area contributed by atoms with E-state index in [4.69, 9.17) is 0 Å². The van der Waals surface area contributed by atoms with Gasteiger partial charge >= 0.3 is 0 Å². The van der Waals surface area contributed by atoms with E-state index in [2.05, 4.69) is 46.2 Å². The van der Waals surface area contributed by atoms with Gasteiger partial charge in [0.15, 0.2) is 5.82 Å². The van der Waals surface area contributed by atoms with E-state index in [1.54, 1.807) is 37.6 Å². The van der Waals surface area contributed by atoms with Gasteiger partial charge in [0.2, 0.25) is 11.9 Å². The van der Waals surface area contributed by atoms with Crippen LogP contribution >= 0.6 is 13.5 Å². The highest BCUT2D eigenvalue weighted by Gasteiger charge is 2.19. The lowest BCUT2D eigenvalue weighted by molar-refractivity contribution is -0.118. The maximum atomic E-state index is 14.4. The number of nitrogens with one attached hydrogen (secondary N) is 4. The fraction of sp³-hybridized carbons (Fsp3) is 0.240. The Hall–Kier alpha value is -4.39. The van der Waals surface area contributed by atoms with Crippen LogP contribution in [0.5, 0.6) is 0 Å². The number of carbonyl (C=O) groups is 2. The highest BCUT2D eigenvalue weighted by atomic mass is 32.1. The van der Waals surface area contributed by atoms with Crippen molar-refractivity contribution in [3.63, 3.8) is 0 Å². The van der Waals surface area contributed by atoms with Gasteiger partial charge in [0.1, 0.15) is 12.1 Å². The predicted molar refractivity (Wildman–Crippen MR) is 148 cm³/mol. The molecule has 0 saturated heterocycles. The third kappa shape index (κ3) is 6.29. The number of aromatic nitrogens is 5. The van der Waals surface area contributed by atoms with Crippen molar-refractivity contribution in [3.05, 3.63) is 66.1 Å². The third-order valence-electron chi connectivity index (χ3n) is 5.76. The van der Waals surface area contributed by atoms with Gasteiger partial charge in [0.25, 0.3) is 5.91 Å². The van der Waals surface area contributed by atoms with E-state index in [9.17, 15) is 14.0 Å². The number of anilines is 2. The van der Waals surface area contributed by atoms with Crippen LogP contribution in [0.3, 0.4) is 0 Å². The van der Waals surface area contributed by atoms with Crippen LogP contribution in [0.2, 0.25) is 0 Å². The lowest BCUT2D eigenvalue weighted by Crippen LogP contribution is -2.26. The van der Waals surface area contributed by atoms with Gasteiger partial charge in [0, 0.05) is 56.0 Å². The summed E-state index contributed by atoms with van der Waals surface area (Å²) in [4.78, 5) is 44.9. The van der Waals surface area contributed by atoms with E-state index in [0.29, 0.717) is 40.5 Å². The summed E-state index contributed by atoms with van der Waals surface area (Å²) in [6.07, 6.45) is 5.74. The molecule has 0 unspecified atom stereocenters. The number of amides is 2. The summed E-state index contributed by atoms with van der Waals surface area (Å²) in [6.45, 7) is 2.58. The Bertz CT molecular complexity index is 1440. The number of halogens is 1. The SMILES string of the molecule is CNC(=O)CNc1ncc(-c2cc(NC[C@@H](C)c3cccc4c(C(=O)NC)c(F)cnc34)ncn2)cn1.S. The molecule has 0 aliphatic heterocycles. The maximum Gasteiger partial charge on any atom is 0.254 e. The van der Waals surface area contributed by atoms with Crippen molar-refractivity contribution in [3.8, 4) is 11.3 Å². The molecule has 13 heteroatoms. The van der Waals surface area contributed by atoms with E-state index < -0.39 is 11.7 Å². The molecule has 0 radical (unpaired) electrons. The van der Waals surface area contributed by atoms with Gasteiger partial charge in [-0.3, -0.25) is 14.6 Å². The van der Waals surface area contributed by atoms with E-state index >= 15 is 0 Å². The molecule has 38 heavy (non-hydrogen) atoms. The molecule has 0 aliphatic carbocycles. The number of rotatable bonds is 9. The number of pyridine rings is 1. The first-order valence-corrected chi connectivity index (χ1v) is 11.5. The number of para-hydroxylation sites is 1. The second-order valence-corrected chi connectivity index (χ2v) is 8.20. The average molecular weight is 538 g/mol. The van der Waals surface area contributed by atoms with Crippen molar-refractivity contribution in [2.45, 2.75) is 12.8 Å². The number of carbonyl (C=O) groups excluding carboxylic acids is 2. The minimum atomic E-state index is -0.664. The van der Waals surface area contributed by atoms with Crippen molar-refractivity contribution in [1.29, 1.82) is 0 Å². The smallest absolute Gasteiger partial charge is 0.254 e. The molecular formula is C25H28FN9O2S. The van der Waals surface area contributed by atoms with Crippen molar-refractivity contribution in [1.82, 2.24) is 35.6 Å². The fourth-order valence-electron chi connectivity index (χ4n) is 3.75. The van der Waals surface area contributed by atoms with Crippen molar-refractivity contribution in [2.75, 3.05) is 37.8 Å². The van der Waals surface area contributed by atoms with Crippen LogP contribution in [0.15, 0.2) is 49.2 Å². The Morgan fingerprint density at radius 3 is 2.45 bits per heavy atom. The van der Waals surface area contributed by atoms with Crippen molar-refractivity contribution >= 4 is 48.0 Å². The lowest BCUT2D eigenvalue weighted by atomic mass is 9.96. The van der Waals surface area contributed by atoms with Crippen LogP contribution < -0.4 is 21.3 Å². The first-order chi connectivity index (χ1) is 17.9. The van der Waals surface area contributed by atoms with Gasteiger partial charge in [-0.05, 0) is 5.56 Å². The molecule has 198 valence electrons. The summed E-state index contributed by atoms with van der Waals surface area (Å²) in [6, 6.07) is 7.18. The molecule has 0 spiro atoms. The van der Waals surface area contributed by atoms with Gasteiger partial charge < -0.3 is 21.3 Å². The summed E-state index contributed by atoms with van der Waals surface area (Å²) in [5, 5.41) is 11.6. The molecule has 2 amide bonds. The monoisotopic (exact) mass is 537 g/mol. The van der Waals surface area contributed by atoms with Crippen LogP contribution in [0, 0.1) is 5.82 Å². The molecule has 4 aromatic rings. The fourth-order valence-corrected chi connectivity index (χ4v) is 3.75. The number of nitrogens with zero attached hydrogens (tertiary/aromatic N) is 5. The third-order valence-corrected chi connectivity index (χ3v) is 5.76. The van der Waals surface area contributed by atoms with Crippen LogP contribution in [-0.2, 0) is 4.79 Å². The van der Waals surface area contributed by atoms with E-state index in [0.717, 1.165) is 11.8 Å². The number of benzene rings is 1. The molecule has 11 nitrogen and oxygen atoms in total. The van der Waals surface area contributed by atoms with Crippen LogP contribution in [0.25, 0.3) is 22.2 Å². The molecule has 4 rings (SSSR count). The zero-order valence-corrected chi connectivity index (χ0v) is 22.0. The Morgan fingerprint density at radius 2 is 1.74 bits per heavy atom. The summed E-state index contributed by atoms with van der Waals surface area (Å²) in [5.41, 5.74) is 2.73. The number of hydrogen-bond acceptors (Lipinski definition) is 9. The number of hydrogen-bond donors (Lipinski definition) is 4. The lowest BCUT2D eigenvalue weighted by Gasteiger charge is -2.17.